The number of hydrogen-bond donors (Lipinski definition) is 1. The van der Waals surface area contributed by atoms with Crippen molar-refractivity contribution in [3.8, 4) is 22.6 Å². The fourth-order valence-electron chi connectivity index (χ4n) is 5.54. The second-order valence-corrected chi connectivity index (χ2v) is 12.4. The molecule has 0 spiro atoms. The van der Waals surface area contributed by atoms with Crippen molar-refractivity contribution in [1.29, 1.82) is 0 Å². The van der Waals surface area contributed by atoms with E-state index < -0.39 is 64.9 Å². The van der Waals surface area contributed by atoms with Gasteiger partial charge in [0.2, 0.25) is 0 Å². The highest BCUT2D eigenvalue weighted by Gasteiger charge is 2.40. The molecular formula is C37H34ClF10NO4. The predicted octanol–water partition coefficient (Wildman–Crippen LogP) is 7.40. The van der Waals surface area contributed by atoms with E-state index in [0.717, 1.165) is 24.3 Å². The van der Waals surface area contributed by atoms with Gasteiger partial charge in [-0.15, -0.1) is 0 Å². The van der Waals surface area contributed by atoms with Gasteiger partial charge in [-0.25, -0.2) is 9.18 Å². The van der Waals surface area contributed by atoms with Gasteiger partial charge in [-0.3, -0.25) is 0 Å². The molecule has 0 aliphatic rings. The molecule has 0 aliphatic carbocycles. The summed E-state index contributed by atoms with van der Waals surface area (Å²) < 4.78 is 156. The highest BCUT2D eigenvalue weighted by atomic mass is 35.5. The second-order valence-electron chi connectivity index (χ2n) is 12.4. The lowest BCUT2D eigenvalue weighted by Crippen LogP contribution is -3.00. The van der Waals surface area contributed by atoms with E-state index in [1.165, 1.54) is 37.5 Å². The summed E-state index contributed by atoms with van der Waals surface area (Å²) in [6.07, 6.45) is -18.6. The highest BCUT2D eigenvalue weighted by Crippen LogP contribution is 2.41. The molecule has 0 bridgehead atoms. The second kappa shape index (κ2) is 16.7. The minimum absolute atomic E-state index is 0. The van der Waals surface area contributed by atoms with Crippen LogP contribution in [0.1, 0.15) is 71.7 Å². The van der Waals surface area contributed by atoms with Crippen LogP contribution < -0.4 is 27.2 Å². The number of benzene rings is 4. The Morgan fingerprint density at radius 1 is 0.736 bits per heavy atom. The number of carbonyl (C=O) groups excluding carboxylic acids is 1. The molecule has 0 amide bonds. The number of para-hydroxylation sites is 1. The molecule has 0 aliphatic heterocycles. The molecule has 0 saturated heterocycles. The number of nitrogens with two attached hydrogens (primary N) is 1. The minimum atomic E-state index is -5.23. The standard InChI is InChI=1S/C37H33F10NO4.ClH/c1-19(2)28-16-29(32(50-5)17-30(28)38)27-11-10-24(35(39,40)41)14-23(27)18-48-21(4)33(52-34(49)51-31-9-7-6-8-20(31)3)22-12-25(36(42,43)44)15-26(13-22)37(45,46)47;/h6-17,19,21,33,48H,18H2,1-5H3;1H/t21-,33-;/m0./s1. The fraction of sp³-hybridized carbons (Fsp3) is 0.324. The summed E-state index contributed by atoms with van der Waals surface area (Å²) in [6, 6.07) is 10.9. The molecule has 0 saturated carbocycles. The molecule has 4 aromatic rings. The van der Waals surface area contributed by atoms with E-state index in [2.05, 4.69) is 0 Å². The first-order valence-corrected chi connectivity index (χ1v) is 15.7. The Balaban J connectivity index is 0.00000756. The molecule has 4 aromatic carbocycles. The first-order chi connectivity index (χ1) is 24.1. The third-order valence-corrected chi connectivity index (χ3v) is 8.30. The molecule has 53 heavy (non-hydrogen) atoms. The van der Waals surface area contributed by atoms with Gasteiger partial charge in [0.05, 0.1) is 23.8 Å². The number of rotatable bonds is 10. The van der Waals surface area contributed by atoms with Gasteiger partial charge in [0.25, 0.3) is 0 Å². The number of alkyl halides is 9. The fourth-order valence-corrected chi connectivity index (χ4v) is 5.54. The Kier molecular flexibility index (Phi) is 13.5. The summed E-state index contributed by atoms with van der Waals surface area (Å²) in [4.78, 5) is 13.0. The van der Waals surface area contributed by atoms with Gasteiger partial charge in [-0.1, -0.05) is 38.1 Å². The quantitative estimate of drug-likeness (QED) is 0.104. The zero-order valence-corrected chi connectivity index (χ0v) is 29.5. The molecule has 5 nitrogen and oxygen atoms in total. The van der Waals surface area contributed by atoms with Crippen LogP contribution in [0.2, 0.25) is 0 Å². The monoisotopic (exact) mass is 781 g/mol. The average Bonchev–Trinajstić information content (AvgIpc) is 3.05. The van der Waals surface area contributed by atoms with E-state index in [1.54, 1.807) is 32.9 Å². The van der Waals surface area contributed by atoms with Crippen LogP contribution >= 0.6 is 0 Å². The van der Waals surface area contributed by atoms with Crippen molar-refractivity contribution in [3.63, 3.8) is 0 Å². The topological polar surface area (TPSA) is 61.4 Å². The van der Waals surface area contributed by atoms with Crippen LogP contribution in [-0.2, 0) is 29.8 Å². The molecule has 0 heterocycles. The van der Waals surface area contributed by atoms with Gasteiger partial charge < -0.3 is 31.9 Å². The van der Waals surface area contributed by atoms with Crippen LogP contribution in [0.3, 0.4) is 0 Å². The number of ether oxygens (including phenoxy) is 3. The van der Waals surface area contributed by atoms with Crippen molar-refractivity contribution in [2.45, 2.75) is 70.8 Å². The maximum Gasteiger partial charge on any atom is 0.514 e. The third-order valence-electron chi connectivity index (χ3n) is 8.30. The number of hydrogen-bond acceptors (Lipinski definition) is 4. The van der Waals surface area contributed by atoms with Crippen molar-refractivity contribution >= 4 is 6.16 Å². The first kappa shape index (κ1) is 42.9. The van der Waals surface area contributed by atoms with Crippen LogP contribution in [0.25, 0.3) is 11.1 Å². The summed E-state index contributed by atoms with van der Waals surface area (Å²) in [5, 5.41) is 1.29. The van der Waals surface area contributed by atoms with Gasteiger partial charge in [-0.2, -0.15) is 39.5 Å². The number of carbonyl (C=O) groups is 1. The van der Waals surface area contributed by atoms with Gasteiger partial charge >= 0.3 is 24.7 Å². The van der Waals surface area contributed by atoms with E-state index in [0.29, 0.717) is 17.7 Å². The predicted molar refractivity (Wildman–Crippen MR) is 170 cm³/mol. The van der Waals surface area contributed by atoms with E-state index in [1.807, 2.05) is 0 Å². The van der Waals surface area contributed by atoms with Gasteiger partial charge in [0.1, 0.15) is 29.9 Å². The van der Waals surface area contributed by atoms with E-state index in [4.69, 9.17) is 14.2 Å². The number of aryl methyl sites for hydroxylation is 1. The Bertz CT molecular complexity index is 1880. The van der Waals surface area contributed by atoms with E-state index in [-0.39, 0.29) is 64.7 Å². The maximum absolute atomic E-state index is 14.8. The molecule has 288 valence electrons. The maximum atomic E-state index is 14.8. The van der Waals surface area contributed by atoms with E-state index >= 15 is 0 Å². The number of halogens is 11. The smallest absolute Gasteiger partial charge is 0.514 e. The Morgan fingerprint density at radius 2 is 1.32 bits per heavy atom. The lowest BCUT2D eigenvalue weighted by molar-refractivity contribution is -0.708. The summed E-state index contributed by atoms with van der Waals surface area (Å²) in [6.45, 7) is 5.93. The Labute approximate surface area is 304 Å². The van der Waals surface area contributed by atoms with Gasteiger partial charge in [0, 0.05) is 17.2 Å². The van der Waals surface area contributed by atoms with Crippen molar-refractivity contribution < 1.29 is 80.6 Å². The summed E-state index contributed by atoms with van der Waals surface area (Å²) >= 11 is 0. The summed E-state index contributed by atoms with van der Waals surface area (Å²) in [7, 11) is 1.24. The lowest BCUT2D eigenvalue weighted by atomic mass is 9.92. The normalized spacial score (nSPS) is 13.3. The molecule has 0 unspecified atom stereocenters. The number of methoxy groups -OCH3 is 1. The van der Waals surface area contributed by atoms with Crippen molar-refractivity contribution in [2.75, 3.05) is 7.11 Å². The van der Waals surface area contributed by atoms with Crippen LogP contribution in [0, 0.1) is 12.7 Å². The lowest BCUT2D eigenvalue weighted by Gasteiger charge is -2.25. The third kappa shape index (κ3) is 10.6. The SMILES string of the molecule is COc1cc(F)c(C(C)C)cc1-c1ccc(C(F)(F)F)cc1C[NH2+][C@@H](C)[C@H](OC(=O)Oc1ccccc1C)c1cc(C(F)(F)F)cc(C(F)(F)F)c1.[Cl-]. The number of quaternary nitrogens is 1. The molecule has 0 radical (unpaired) electrons. The highest BCUT2D eigenvalue weighted by molar-refractivity contribution is 5.75. The van der Waals surface area contributed by atoms with Crippen LogP contribution in [0.5, 0.6) is 11.5 Å². The molecular weight excluding hydrogens is 748 g/mol. The largest absolute Gasteiger partial charge is 1.00 e. The van der Waals surface area contributed by atoms with Crippen molar-refractivity contribution in [3.05, 3.63) is 118 Å². The van der Waals surface area contributed by atoms with Crippen molar-refractivity contribution in [1.82, 2.24) is 0 Å². The first-order valence-electron chi connectivity index (χ1n) is 15.7. The van der Waals surface area contributed by atoms with Crippen LogP contribution in [0.4, 0.5) is 48.7 Å². The Hall–Kier alpha value is -4.50. The summed E-state index contributed by atoms with van der Waals surface area (Å²) in [5.41, 5.74) is -3.97. The Morgan fingerprint density at radius 3 is 1.85 bits per heavy atom. The molecule has 16 heteroatoms. The molecule has 0 aromatic heterocycles. The van der Waals surface area contributed by atoms with Crippen molar-refractivity contribution in [2.24, 2.45) is 0 Å². The molecule has 2 atom stereocenters. The van der Waals surface area contributed by atoms with Crippen LogP contribution in [0.15, 0.2) is 72.8 Å². The van der Waals surface area contributed by atoms with Gasteiger partial charge in [0.15, 0.2) is 6.10 Å². The summed E-state index contributed by atoms with van der Waals surface area (Å²) in [5.74, 6) is -0.938. The zero-order chi connectivity index (χ0) is 38.8. The molecule has 4 rings (SSSR count). The molecule has 0 fully saturated rings. The van der Waals surface area contributed by atoms with Gasteiger partial charge in [-0.05, 0) is 84.5 Å². The van der Waals surface area contributed by atoms with Crippen LogP contribution in [-0.4, -0.2) is 19.3 Å². The zero-order valence-electron chi connectivity index (χ0n) is 28.7. The van der Waals surface area contributed by atoms with E-state index in [9.17, 15) is 48.7 Å². The minimum Gasteiger partial charge on any atom is -1.00 e. The average molecular weight is 782 g/mol. The molecule has 2 N–H and O–H groups in total.